The molecule has 0 spiro atoms. The smallest absolute Gasteiger partial charge is 0.284 e. The molecule has 2 aromatic rings. The molecule has 0 atom stereocenters. The highest BCUT2D eigenvalue weighted by molar-refractivity contribution is 6.30. The van der Waals surface area contributed by atoms with E-state index in [0.29, 0.717) is 5.02 Å². The maximum absolute atomic E-state index is 12.7. The maximum Gasteiger partial charge on any atom is 0.284 e. The summed E-state index contributed by atoms with van der Waals surface area (Å²) in [5.74, 6) is -0.747. The van der Waals surface area contributed by atoms with E-state index < -0.39 is 23.7 Å². The lowest BCUT2D eigenvalue weighted by atomic mass is 10.2. The molecule has 1 heterocycles. The number of alkyl halides is 2. The van der Waals surface area contributed by atoms with Gasteiger partial charge in [0.05, 0.1) is 0 Å². The molecule has 0 aliphatic rings. The zero-order chi connectivity index (χ0) is 15.4. The summed E-state index contributed by atoms with van der Waals surface area (Å²) in [4.78, 5) is 12.7. The third-order valence-corrected chi connectivity index (χ3v) is 2.77. The zero-order valence-corrected chi connectivity index (χ0v) is 11.7. The first-order valence-electron chi connectivity index (χ1n) is 5.89. The zero-order valence-electron chi connectivity index (χ0n) is 10.9. The van der Waals surface area contributed by atoms with E-state index in [9.17, 15) is 13.6 Å². The van der Waals surface area contributed by atoms with Gasteiger partial charge in [-0.25, -0.2) is 8.78 Å². The molecule has 1 aromatic heterocycles. The van der Waals surface area contributed by atoms with E-state index in [0.717, 1.165) is 10.4 Å². The van der Waals surface area contributed by atoms with Crippen LogP contribution in [0.15, 0.2) is 30.5 Å². The number of benzene rings is 1. The van der Waals surface area contributed by atoms with Gasteiger partial charge in [0.1, 0.15) is 0 Å². The molecule has 1 amide bonds. The Labute approximate surface area is 124 Å². The van der Waals surface area contributed by atoms with Gasteiger partial charge in [0.15, 0.2) is 11.4 Å². The number of carbonyl (C=O) groups is 1. The van der Waals surface area contributed by atoms with E-state index in [2.05, 4.69) is 15.5 Å². The number of amides is 1. The fourth-order valence-electron chi connectivity index (χ4n) is 1.59. The minimum Gasteiger partial charge on any atom is -0.327 e. The molecule has 5 nitrogen and oxygen atoms in total. The second-order valence-corrected chi connectivity index (χ2v) is 4.52. The third kappa shape index (κ3) is 3.85. The van der Waals surface area contributed by atoms with Crippen molar-refractivity contribution >= 4 is 23.6 Å². The van der Waals surface area contributed by atoms with E-state index in [1.807, 2.05) is 0 Å². The van der Waals surface area contributed by atoms with Crippen molar-refractivity contribution in [1.82, 2.24) is 20.3 Å². The maximum atomic E-state index is 12.7. The van der Waals surface area contributed by atoms with Gasteiger partial charge in [0.25, 0.3) is 12.3 Å². The second kappa shape index (κ2) is 6.45. The Morgan fingerprint density at radius 3 is 2.62 bits per heavy atom. The van der Waals surface area contributed by atoms with Crippen molar-refractivity contribution in [2.75, 3.05) is 0 Å². The van der Waals surface area contributed by atoms with Gasteiger partial charge in [0.2, 0.25) is 0 Å². The highest BCUT2D eigenvalue weighted by atomic mass is 35.5. The summed E-state index contributed by atoms with van der Waals surface area (Å²) in [6.07, 6.45) is 0.0852. The lowest BCUT2D eigenvalue weighted by Crippen LogP contribution is -2.19. The average Bonchev–Trinajstić information content (AvgIpc) is 2.83. The minimum atomic E-state index is -2.86. The number of nitrogens with one attached hydrogen (secondary N) is 1. The average molecular weight is 313 g/mol. The van der Waals surface area contributed by atoms with Crippen LogP contribution in [-0.2, 0) is 7.05 Å². The number of aryl methyl sites for hydroxylation is 1. The molecule has 0 fully saturated rings. The quantitative estimate of drug-likeness (QED) is 0.944. The molecule has 1 aromatic carbocycles. The number of hydrogen-bond donors (Lipinski definition) is 1. The van der Waals surface area contributed by atoms with Crippen LogP contribution in [0.5, 0.6) is 0 Å². The minimum absolute atomic E-state index is 0.395. The largest absolute Gasteiger partial charge is 0.327 e. The molecule has 0 bridgehead atoms. The molecule has 0 radical (unpaired) electrons. The van der Waals surface area contributed by atoms with Gasteiger partial charge < -0.3 is 5.32 Å². The second-order valence-electron chi connectivity index (χ2n) is 4.08. The predicted molar refractivity (Wildman–Crippen MR) is 73.9 cm³/mol. The molecular formula is C13H11ClF2N4O. The molecule has 1 N–H and O–H groups in total. The molecule has 8 heteroatoms. The first-order valence-corrected chi connectivity index (χ1v) is 6.27. The third-order valence-electron chi connectivity index (χ3n) is 2.52. The molecule has 0 aliphatic carbocycles. The molecule has 110 valence electrons. The first kappa shape index (κ1) is 15.1. The van der Waals surface area contributed by atoms with Crippen LogP contribution in [0.3, 0.4) is 0 Å². The van der Waals surface area contributed by atoms with E-state index in [1.54, 1.807) is 30.3 Å². The summed E-state index contributed by atoms with van der Waals surface area (Å²) in [5.41, 5.74) is -0.240. The molecule has 21 heavy (non-hydrogen) atoms. The SMILES string of the molecule is Cn1nc(C(=O)N/C=C\c2ccc(Cl)cc2)c(C(F)F)n1. The Bertz CT molecular complexity index is 667. The number of aromatic nitrogens is 3. The summed E-state index contributed by atoms with van der Waals surface area (Å²) < 4.78 is 25.4. The Morgan fingerprint density at radius 2 is 2.00 bits per heavy atom. The summed E-state index contributed by atoms with van der Waals surface area (Å²) in [6, 6.07) is 6.89. The Kier molecular flexibility index (Phi) is 4.64. The van der Waals surface area contributed by atoms with Crippen molar-refractivity contribution in [1.29, 1.82) is 0 Å². The predicted octanol–water partition coefficient (Wildman–Crippen LogP) is 2.81. The molecule has 0 saturated carbocycles. The highest BCUT2D eigenvalue weighted by Gasteiger charge is 2.23. The number of hydrogen-bond acceptors (Lipinski definition) is 3. The number of carbonyl (C=O) groups excluding carboxylic acids is 1. The molecule has 0 saturated heterocycles. The van der Waals surface area contributed by atoms with Crippen LogP contribution in [0.4, 0.5) is 8.78 Å². The van der Waals surface area contributed by atoms with Crippen molar-refractivity contribution in [2.24, 2.45) is 7.05 Å². The topological polar surface area (TPSA) is 59.8 Å². The van der Waals surface area contributed by atoms with Gasteiger partial charge >= 0.3 is 0 Å². The normalized spacial score (nSPS) is 11.3. The van der Waals surface area contributed by atoms with Gasteiger partial charge in [-0.2, -0.15) is 9.90 Å². The van der Waals surface area contributed by atoms with E-state index in [4.69, 9.17) is 11.6 Å². The van der Waals surface area contributed by atoms with Gasteiger partial charge in [-0.15, -0.1) is 5.10 Å². The van der Waals surface area contributed by atoms with Crippen molar-refractivity contribution in [3.63, 3.8) is 0 Å². The van der Waals surface area contributed by atoms with Crippen molar-refractivity contribution < 1.29 is 13.6 Å². The number of nitrogens with zero attached hydrogens (tertiary/aromatic N) is 3. The fraction of sp³-hybridized carbons (Fsp3) is 0.154. The molecule has 2 rings (SSSR count). The van der Waals surface area contributed by atoms with Crippen LogP contribution >= 0.6 is 11.6 Å². The van der Waals surface area contributed by atoms with Crippen LogP contribution in [-0.4, -0.2) is 20.9 Å². The van der Waals surface area contributed by atoms with Crippen LogP contribution in [0.2, 0.25) is 5.02 Å². The van der Waals surface area contributed by atoms with Crippen molar-refractivity contribution in [3.8, 4) is 0 Å². The highest BCUT2D eigenvalue weighted by Crippen LogP contribution is 2.19. The molecule has 0 aliphatic heterocycles. The summed E-state index contributed by atoms with van der Waals surface area (Å²) in [7, 11) is 1.37. The van der Waals surface area contributed by atoms with E-state index >= 15 is 0 Å². The number of rotatable bonds is 4. The van der Waals surface area contributed by atoms with E-state index in [-0.39, 0.29) is 0 Å². The standard InChI is InChI=1S/C13H11ClF2N4O/c1-20-18-10(12(15)16)11(19-20)13(21)17-7-6-8-2-4-9(14)5-3-8/h2-7,12H,1H3,(H,17,21)/b7-6-. The summed E-state index contributed by atoms with van der Waals surface area (Å²) in [6.45, 7) is 0. The first-order chi connectivity index (χ1) is 9.97. The molecular weight excluding hydrogens is 302 g/mol. The van der Waals surface area contributed by atoms with Gasteiger partial charge in [-0.1, -0.05) is 23.7 Å². The monoisotopic (exact) mass is 312 g/mol. The number of halogens is 3. The molecule has 0 unspecified atom stereocenters. The Balaban J connectivity index is 2.06. The van der Waals surface area contributed by atoms with Crippen LogP contribution < -0.4 is 5.32 Å². The summed E-state index contributed by atoms with van der Waals surface area (Å²) in [5, 5.41) is 10.1. The lowest BCUT2D eigenvalue weighted by molar-refractivity contribution is 0.0950. The fourth-order valence-corrected chi connectivity index (χ4v) is 1.71. The van der Waals surface area contributed by atoms with Crippen molar-refractivity contribution in [3.05, 3.63) is 52.4 Å². The summed E-state index contributed by atoms with van der Waals surface area (Å²) >= 11 is 5.74. The lowest BCUT2D eigenvalue weighted by Gasteiger charge is -1.99. The Hall–Kier alpha value is -2.28. The van der Waals surface area contributed by atoms with Gasteiger partial charge in [-0.3, -0.25) is 4.79 Å². The van der Waals surface area contributed by atoms with Gasteiger partial charge in [0, 0.05) is 18.3 Å². The van der Waals surface area contributed by atoms with Crippen molar-refractivity contribution in [2.45, 2.75) is 6.43 Å². The Morgan fingerprint density at radius 1 is 1.33 bits per heavy atom. The van der Waals surface area contributed by atoms with E-state index in [1.165, 1.54) is 13.2 Å². The van der Waals surface area contributed by atoms with Crippen LogP contribution in [0.1, 0.15) is 28.2 Å². The van der Waals surface area contributed by atoms with Crippen LogP contribution in [0, 0.1) is 0 Å². The van der Waals surface area contributed by atoms with Gasteiger partial charge in [-0.05, 0) is 23.8 Å². The van der Waals surface area contributed by atoms with Crippen LogP contribution in [0.25, 0.3) is 6.08 Å².